The van der Waals surface area contributed by atoms with Crippen molar-refractivity contribution in [2.45, 2.75) is 23.9 Å². The molecule has 7 nitrogen and oxygen atoms in total. The molecule has 2 aromatic rings. The van der Waals surface area contributed by atoms with Gasteiger partial charge in [0.1, 0.15) is 0 Å². The van der Waals surface area contributed by atoms with E-state index >= 15 is 0 Å². The number of aliphatic carboxylic acids is 1. The van der Waals surface area contributed by atoms with Gasteiger partial charge in [0, 0.05) is 12.6 Å². The molecule has 8 heteroatoms. The minimum absolute atomic E-state index is 0.0362. The molecular weight excluding hydrogens is 358 g/mol. The molecule has 26 heavy (non-hydrogen) atoms. The maximum absolute atomic E-state index is 13.1. The summed E-state index contributed by atoms with van der Waals surface area (Å²) in [4.78, 5) is 11.5. The van der Waals surface area contributed by atoms with Crippen LogP contribution in [0.15, 0.2) is 47.4 Å². The first-order valence-electron chi connectivity index (χ1n) is 7.90. The molecule has 1 aliphatic heterocycles. The van der Waals surface area contributed by atoms with Crippen molar-refractivity contribution in [2.75, 3.05) is 14.2 Å². The molecule has 1 aliphatic rings. The molecule has 0 radical (unpaired) electrons. The van der Waals surface area contributed by atoms with Gasteiger partial charge in [0.15, 0.2) is 11.5 Å². The topological polar surface area (TPSA) is 96.0 Å². The average Bonchev–Trinajstić information content (AvgIpc) is 2.66. The van der Waals surface area contributed by atoms with Crippen molar-refractivity contribution >= 4 is 16.0 Å². The van der Waals surface area contributed by atoms with Gasteiger partial charge in [-0.25, -0.2) is 8.42 Å². The van der Waals surface area contributed by atoms with Crippen LogP contribution in [0.2, 0.25) is 0 Å². The number of hydrogen-bond acceptors (Lipinski definition) is 6. The van der Waals surface area contributed by atoms with Crippen LogP contribution >= 0.6 is 0 Å². The number of nitrogens with zero attached hydrogens (tertiary/aromatic N) is 1. The zero-order valence-electron chi connectivity index (χ0n) is 14.3. The summed E-state index contributed by atoms with van der Waals surface area (Å²) in [5.41, 5.74) is 1.58. The molecule has 0 N–H and O–H groups in total. The minimum atomic E-state index is -4.08. The van der Waals surface area contributed by atoms with E-state index in [0.29, 0.717) is 5.75 Å². The fraction of sp³-hybridized carbons (Fsp3) is 0.278. The third-order valence-electron chi connectivity index (χ3n) is 4.44. The first-order chi connectivity index (χ1) is 12.4. The van der Waals surface area contributed by atoms with Crippen molar-refractivity contribution in [1.82, 2.24) is 4.31 Å². The lowest BCUT2D eigenvalue weighted by atomic mass is 9.96. The Kier molecular flexibility index (Phi) is 4.88. The number of ether oxygens (including phenoxy) is 2. The maximum Gasteiger partial charge on any atom is 0.244 e. The number of rotatable bonds is 5. The molecule has 0 aliphatic carbocycles. The predicted octanol–water partition coefficient (Wildman–Crippen LogP) is 0.569. The summed E-state index contributed by atoms with van der Waals surface area (Å²) in [6.07, 6.45) is 0.0605. The summed E-state index contributed by atoms with van der Waals surface area (Å²) in [7, 11) is -1.24. The zero-order chi connectivity index (χ0) is 18.9. The monoisotopic (exact) mass is 376 g/mol. The summed E-state index contributed by atoms with van der Waals surface area (Å²) >= 11 is 0. The van der Waals surface area contributed by atoms with Gasteiger partial charge in [0.05, 0.1) is 31.1 Å². The highest BCUT2D eigenvalue weighted by Gasteiger charge is 2.36. The normalized spacial score (nSPS) is 17.4. The number of carboxylic acid groups (broad SMARTS) is 1. The minimum Gasteiger partial charge on any atom is -0.548 e. The second-order valence-electron chi connectivity index (χ2n) is 5.87. The summed E-state index contributed by atoms with van der Waals surface area (Å²) in [5.74, 6) is -0.800. The summed E-state index contributed by atoms with van der Waals surface area (Å²) in [6.45, 7) is -0.0362. The van der Waals surface area contributed by atoms with E-state index in [1.807, 2.05) is 0 Å². The van der Waals surface area contributed by atoms with Crippen LogP contribution in [-0.4, -0.2) is 39.0 Å². The van der Waals surface area contributed by atoms with Gasteiger partial charge in [0.25, 0.3) is 0 Å². The highest BCUT2D eigenvalue weighted by molar-refractivity contribution is 7.89. The van der Waals surface area contributed by atoms with Crippen molar-refractivity contribution in [3.05, 3.63) is 53.6 Å². The molecule has 0 amide bonds. The molecule has 2 aromatic carbocycles. The lowest BCUT2D eigenvalue weighted by Crippen LogP contribution is -2.53. The third-order valence-corrected chi connectivity index (χ3v) is 6.29. The van der Waals surface area contributed by atoms with E-state index in [2.05, 4.69) is 0 Å². The second kappa shape index (κ2) is 6.97. The van der Waals surface area contributed by atoms with Crippen molar-refractivity contribution in [3.8, 4) is 11.5 Å². The number of carboxylic acids is 1. The number of carbonyl (C=O) groups is 1. The average molecular weight is 376 g/mol. The van der Waals surface area contributed by atoms with Crippen LogP contribution in [0.4, 0.5) is 0 Å². The molecule has 1 atom stereocenters. The molecule has 138 valence electrons. The van der Waals surface area contributed by atoms with Crippen molar-refractivity contribution in [1.29, 1.82) is 0 Å². The van der Waals surface area contributed by atoms with E-state index in [1.54, 1.807) is 24.3 Å². The van der Waals surface area contributed by atoms with E-state index in [-0.39, 0.29) is 23.6 Å². The molecule has 0 fully saturated rings. The van der Waals surface area contributed by atoms with E-state index in [0.717, 1.165) is 15.4 Å². The van der Waals surface area contributed by atoms with E-state index in [4.69, 9.17) is 9.47 Å². The molecule has 1 heterocycles. The molecule has 0 unspecified atom stereocenters. The van der Waals surface area contributed by atoms with Gasteiger partial charge in [-0.1, -0.05) is 24.3 Å². The summed E-state index contributed by atoms with van der Waals surface area (Å²) < 4.78 is 37.5. The Morgan fingerprint density at radius 1 is 1.08 bits per heavy atom. The first kappa shape index (κ1) is 18.2. The summed E-state index contributed by atoms with van der Waals surface area (Å²) in [5, 5.41) is 11.6. The van der Waals surface area contributed by atoms with E-state index in [1.165, 1.54) is 32.4 Å². The van der Waals surface area contributed by atoms with Crippen LogP contribution in [-0.2, 0) is 27.8 Å². The van der Waals surface area contributed by atoms with Crippen LogP contribution in [0.3, 0.4) is 0 Å². The Balaban J connectivity index is 2.06. The SMILES string of the molecule is COc1ccc(S(=O)(=O)N2Cc3ccccc3C[C@@H]2C(=O)[O-])cc1OC. The molecule has 3 rings (SSSR count). The Labute approximate surface area is 151 Å². The van der Waals surface area contributed by atoms with Gasteiger partial charge >= 0.3 is 0 Å². The van der Waals surface area contributed by atoms with Crippen molar-refractivity contribution < 1.29 is 27.8 Å². The maximum atomic E-state index is 13.1. The number of benzene rings is 2. The number of fused-ring (bicyclic) bond motifs is 1. The second-order valence-corrected chi connectivity index (χ2v) is 7.77. The molecule has 0 saturated carbocycles. The standard InChI is InChI=1S/C18H19NO6S/c1-24-16-8-7-14(10-17(16)25-2)26(22,23)19-11-13-6-4-3-5-12(13)9-15(19)18(20)21/h3-8,10,15H,9,11H2,1-2H3,(H,20,21)/p-1/t15-/m1/s1. The Morgan fingerprint density at radius 2 is 1.73 bits per heavy atom. The number of methoxy groups -OCH3 is 2. The molecule has 0 aromatic heterocycles. The largest absolute Gasteiger partial charge is 0.548 e. The molecule has 0 spiro atoms. The quantitative estimate of drug-likeness (QED) is 0.757. The van der Waals surface area contributed by atoms with Gasteiger partial charge < -0.3 is 19.4 Å². The number of sulfonamides is 1. The van der Waals surface area contributed by atoms with Crippen LogP contribution in [0.25, 0.3) is 0 Å². The summed E-state index contributed by atoms with van der Waals surface area (Å²) in [6, 6.07) is 10.1. The number of hydrogen-bond donors (Lipinski definition) is 0. The molecule has 0 bridgehead atoms. The van der Waals surface area contributed by atoms with Gasteiger partial charge in [-0.05, 0) is 29.7 Å². The van der Waals surface area contributed by atoms with Crippen LogP contribution < -0.4 is 14.6 Å². The highest BCUT2D eigenvalue weighted by atomic mass is 32.2. The van der Waals surface area contributed by atoms with E-state index < -0.39 is 22.0 Å². The highest BCUT2D eigenvalue weighted by Crippen LogP contribution is 2.33. The molecule has 0 saturated heterocycles. The van der Waals surface area contributed by atoms with Gasteiger partial charge in [0.2, 0.25) is 10.0 Å². The third kappa shape index (κ3) is 3.13. The fourth-order valence-corrected chi connectivity index (χ4v) is 4.64. The van der Waals surface area contributed by atoms with Gasteiger partial charge in [-0.15, -0.1) is 0 Å². The fourth-order valence-electron chi connectivity index (χ4n) is 3.06. The molecular formula is C18H18NO6S-. The zero-order valence-corrected chi connectivity index (χ0v) is 15.2. The lowest BCUT2D eigenvalue weighted by Gasteiger charge is -2.36. The van der Waals surface area contributed by atoms with Gasteiger partial charge in [-0.2, -0.15) is 4.31 Å². The smallest absolute Gasteiger partial charge is 0.244 e. The Hall–Kier alpha value is -2.58. The number of carbonyl (C=O) groups excluding carboxylic acids is 1. The Bertz CT molecular complexity index is 940. The lowest BCUT2D eigenvalue weighted by molar-refractivity contribution is -0.310. The van der Waals surface area contributed by atoms with Crippen molar-refractivity contribution in [3.63, 3.8) is 0 Å². The van der Waals surface area contributed by atoms with Crippen LogP contribution in [0, 0.1) is 0 Å². The van der Waals surface area contributed by atoms with E-state index in [9.17, 15) is 18.3 Å². The Morgan fingerprint density at radius 3 is 2.35 bits per heavy atom. The van der Waals surface area contributed by atoms with Crippen LogP contribution in [0.5, 0.6) is 11.5 Å². The van der Waals surface area contributed by atoms with Crippen LogP contribution in [0.1, 0.15) is 11.1 Å². The first-order valence-corrected chi connectivity index (χ1v) is 9.34. The van der Waals surface area contributed by atoms with Crippen molar-refractivity contribution in [2.24, 2.45) is 0 Å². The van der Waals surface area contributed by atoms with Gasteiger partial charge in [-0.3, -0.25) is 0 Å². The predicted molar refractivity (Wildman–Crippen MR) is 91.2 cm³/mol.